The molecule has 0 bridgehead atoms. The van der Waals surface area contributed by atoms with E-state index in [4.69, 9.17) is 0 Å². The van der Waals surface area contributed by atoms with Crippen LogP contribution in [0.2, 0.25) is 0 Å². The number of carbonyl (C=O) groups is 1. The van der Waals surface area contributed by atoms with Crippen molar-refractivity contribution in [2.24, 2.45) is 0 Å². The molecule has 0 saturated heterocycles. The fourth-order valence-electron chi connectivity index (χ4n) is 1.60. The quantitative estimate of drug-likeness (QED) is 0.841. The second-order valence-electron chi connectivity index (χ2n) is 4.61. The molecule has 0 heterocycles. The molecule has 1 aliphatic carbocycles. The summed E-state index contributed by atoms with van der Waals surface area (Å²) in [5.74, 6) is -0.330. The third-order valence-electron chi connectivity index (χ3n) is 2.89. The van der Waals surface area contributed by atoms with Gasteiger partial charge in [-0.2, -0.15) is 0 Å². The summed E-state index contributed by atoms with van der Waals surface area (Å²) in [6.07, 6.45) is 2.13. The Morgan fingerprint density at radius 1 is 1.47 bits per heavy atom. The van der Waals surface area contributed by atoms with Gasteiger partial charge in [0, 0.05) is 11.7 Å². The van der Waals surface area contributed by atoms with Crippen molar-refractivity contribution in [1.29, 1.82) is 0 Å². The molecule has 0 radical (unpaired) electrons. The van der Waals surface area contributed by atoms with Gasteiger partial charge in [-0.1, -0.05) is 6.07 Å². The maximum Gasteiger partial charge on any atom is 0.242 e. The Balaban J connectivity index is 1.98. The van der Waals surface area contributed by atoms with E-state index in [1.807, 2.05) is 6.92 Å². The Labute approximate surface area is 100 Å². The van der Waals surface area contributed by atoms with Gasteiger partial charge in [0.15, 0.2) is 0 Å². The van der Waals surface area contributed by atoms with Crippen molar-refractivity contribution in [3.8, 4) is 0 Å². The van der Waals surface area contributed by atoms with Gasteiger partial charge in [-0.05, 0) is 44.4 Å². The summed E-state index contributed by atoms with van der Waals surface area (Å²) in [5.41, 5.74) is 1.60. The molecule has 4 heteroatoms. The third kappa shape index (κ3) is 3.19. The van der Waals surface area contributed by atoms with Crippen LogP contribution in [0.4, 0.5) is 10.1 Å². The van der Waals surface area contributed by atoms with Gasteiger partial charge in [0.2, 0.25) is 5.91 Å². The minimum atomic E-state index is -0.351. The van der Waals surface area contributed by atoms with Crippen molar-refractivity contribution in [2.75, 3.05) is 5.32 Å². The predicted octanol–water partition coefficient (Wildman–Crippen LogP) is 2.21. The van der Waals surface area contributed by atoms with Crippen LogP contribution in [0.5, 0.6) is 0 Å². The molecule has 3 nitrogen and oxygen atoms in total. The first-order chi connectivity index (χ1) is 8.06. The normalized spacial score (nSPS) is 16.4. The van der Waals surface area contributed by atoms with Crippen LogP contribution >= 0.6 is 0 Å². The van der Waals surface area contributed by atoms with E-state index in [9.17, 15) is 9.18 Å². The van der Waals surface area contributed by atoms with Gasteiger partial charge in [-0.15, -0.1) is 0 Å². The number of hydrogen-bond acceptors (Lipinski definition) is 2. The highest BCUT2D eigenvalue weighted by Crippen LogP contribution is 2.20. The first kappa shape index (κ1) is 11.9. The van der Waals surface area contributed by atoms with Crippen LogP contribution in [0.15, 0.2) is 18.2 Å². The molecule has 2 rings (SSSR count). The fraction of sp³-hybridized carbons (Fsp3) is 0.462. The Morgan fingerprint density at radius 3 is 2.82 bits per heavy atom. The molecular formula is C13H17FN2O. The lowest BCUT2D eigenvalue weighted by Gasteiger charge is -2.16. The lowest BCUT2D eigenvalue weighted by molar-refractivity contribution is -0.121. The molecular weight excluding hydrogens is 219 g/mol. The molecule has 1 fully saturated rings. The van der Waals surface area contributed by atoms with Gasteiger partial charge in [-0.3, -0.25) is 4.79 Å². The predicted molar refractivity (Wildman–Crippen MR) is 65.4 cm³/mol. The second kappa shape index (κ2) is 4.73. The minimum Gasteiger partial charge on any atom is -0.374 e. The number of anilines is 1. The summed E-state index contributed by atoms with van der Waals surface area (Å²) in [6.45, 7) is 3.66. The summed E-state index contributed by atoms with van der Waals surface area (Å²) < 4.78 is 13.1. The van der Waals surface area contributed by atoms with Crippen LogP contribution < -0.4 is 10.6 Å². The number of hydrogen-bond donors (Lipinski definition) is 2. The van der Waals surface area contributed by atoms with Crippen LogP contribution in [0.1, 0.15) is 25.3 Å². The average molecular weight is 236 g/mol. The fourth-order valence-corrected chi connectivity index (χ4v) is 1.60. The van der Waals surface area contributed by atoms with E-state index < -0.39 is 0 Å². The smallest absolute Gasteiger partial charge is 0.242 e. The molecule has 2 N–H and O–H groups in total. The van der Waals surface area contributed by atoms with Crippen molar-refractivity contribution in [3.05, 3.63) is 29.6 Å². The number of carbonyl (C=O) groups excluding carboxylic acids is 1. The maximum absolute atomic E-state index is 13.1. The molecule has 1 aliphatic rings. The summed E-state index contributed by atoms with van der Waals surface area (Å²) in [7, 11) is 0. The number of halogens is 1. The number of nitrogens with one attached hydrogen (secondary N) is 2. The SMILES string of the molecule is Cc1ccc(F)cc1NC(C)C(=O)NC1CC1. The summed E-state index contributed by atoms with van der Waals surface area (Å²) in [6, 6.07) is 4.52. The maximum atomic E-state index is 13.1. The zero-order valence-electron chi connectivity index (χ0n) is 10.1. The van der Waals surface area contributed by atoms with Crippen molar-refractivity contribution in [2.45, 2.75) is 38.8 Å². The standard InChI is InChI=1S/C13H17FN2O/c1-8-3-4-10(14)7-12(8)15-9(2)13(17)16-11-5-6-11/h3-4,7,9,11,15H,5-6H2,1-2H3,(H,16,17). The monoisotopic (exact) mass is 236 g/mol. The Kier molecular flexibility index (Phi) is 3.31. The van der Waals surface area contributed by atoms with Gasteiger partial charge in [0.05, 0.1) is 0 Å². The van der Waals surface area contributed by atoms with Crippen LogP contribution in [-0.4, -0.2) is 18.0 Å². The summed E-state index contributed by atoms with van der Waals surface area (Å²) in [5, 5.41) is 5.94. The van der Waals surface area contributed by atoms with Gasteiger partial charge < -0.3 is 10.6 Å². The van der Waals surface area contributed by atoms with Crippen LogP contribution in [0.25, 0.3) is 0 Å². The van der Waals surface area contributed by atoms with Gasteiger partial charge in [0.1, 0.15) is 11.9 Å². The Hall–Kier alpha value is -1.58. The Bertz CT molecular complexity index is 429. The molecule has 1 amide bonds. The molecule has 1 aromatic carbocycles. The topological polar surface area (TPSA) is 41.1 Å². The number of rotatable bonds is 4. The van der Waals surface area contributed by atoms with E-state index in [1.165, 1.54) is 12.1 Å². The first-order valence-electron chi connectivity index (χ1n) is 5.89. The lowest BCUT2D eigenvalue weighted by atomic mass is 10.1. The highest BCUT2D eigenvalue weighted by Gasteiger charge is 2.25. The van der Waals surface area contributed by atoms with Crippen LogP contribution in [0.3, 0.4) is 0 Å². The molecule has 92 valence electrons. The van der Waals surface area contributed by atoms with E-state index in [1.54, 1.807) is 13.0 Å². The molecule has 17 heavy (non-hydrogen) atoms. The third-order valence-corrected chi connectivity index (χ3v) is 2.89. The van der Waals surface area contributed by atoms with Crippen LogP contribution in [0, 0.1) is 12.7 Å². The number of benzene rings is 1. The van der Waals surface area contributed by atoms with Gasteiger partial charge >= 0.3 is 0 Å². The molecule has 1 saturated carbocycles. The van der Waals surface area contributed by atoms with Crippen molar-refractivity contribution in [3.63, 3.8) is 0 Å². The summed E-state index contributed by atoms with van der Waals surface area (Å²) in [4.78, 5) is 11.7. The largest absolute Gasteiger partial charge is 0.374 e. The number of amides is 1. The highest BCUT2D eigenvalue weighted by molar-refractivity contribution is 5.84. The molecule has 0 spiro atoms. The summed E-state index contributed by atoms with van der Waals surface area (Å²) >= 11 is 0. The second-order valence-corrected chi connectivity index (χ2v) is 4.61. The van der Waals surface area contributed by atoms with E-state index in [0.717, 1.165) is 18.4 Å². The molecule has 1 unspecified atom stereocenters. The zero-order chi connectivity index (χ0) is 12.4. The lowest BCUT2D eigenvalue weighted by Crippen LogP contribution is -2.38. The number of aryl methyl sites for hydroxylation is 1. The first-order valence-corrected chi connectivity index (χ1v) is 5.89. The average Bonchev–Trinajstić information content (AvgIpc) is 3.07. The van der Waals surface area contributed by atoms with E-state index >= 15 is 0 Å². The molecule has 1 atom stereocenters. The molecule has 1 aromatic rings. The van der Waals surface area contributed by atoms with Crippen LogP contribution in [-0.2, 0) is 4.79 Å². The van der Waals surface area contributed by atoms with Crippen molar-refractivity contribution >= 4 is 11.6 Å². The van der Waals surface area contributed by atoms with Gasteiger partial charge in [-0.25, -0.2) is 4.39 Å². The zero-order valence-corrected chi connectivity index (χ0v) is 10.1. The van der Waals surface area contributed by atoms with E-state index in [0.29, 0.717) is 11.7 Å². The van der Waals surface area contributed by atoms with E-state index in [-0.39, 0.29) is 17.8 Å². The van der Waals surface area contributed by atoms with Crippen molar-refractivity contribution < 1.29 is 9.18 Å². The Morgan fingerprint density at radius 2 is 2.18 bits per heavy atom. The minimum absolute atomic E-state index is 0.0313. The van der Waals surface area contributed by atoms with E-state index in [2.05, 4.69) is 10.6 Å². The highest BCUT2D eigenvalue weighted by atomic mass is 19.1. The molecule has 0 aliphatic heterocycles. The molecule has 0 aromatic heterocycles. The van der Waals surface area contributed by atoms with Crippen molar-refractivity contribution in [1.82, 2.24) is 5.32 Å². The van der Waals surface area contributed by atoms with Gasteiger partial charge in [0.25, 0.3) is 0 Å².